The first-order chi connectivity index (χ1) is 13.8. The first-order valence-corrected chi connectivity index (χ1v) is 7.26. The van der Waals surface area contributed by atoms with E-state index in [-0.39, 0.29) is 0 Å². The van der Waals surface area contributed by atoms with E-state index in [4.69, 9.17) is 0 Å². The summed E-state index contributed by atoms with van der Waals surface area (Å²) in [6, 6.07) is 0. The average molecular weight is 446 g/mol. The topological polar surface area (TPSA) is 37.3 Å². The van der Waals surface area contributed by atoms with Crippen molar-refractivity contribution in [3.8, 4) is 11.1 Å². The number of aromatic carboxylic acids is 1. The van der Waals surface area contributed by atoms with Gasteiger partial charge in [-0.15, -0.1) is 0 Å². The lowest BCUT2D eigenvalue weighted by molar-refractivity contribution is 0.0699. The first kappa shape index (κ1) is 21.3. The van der Waals surface area contributed by atoms with Crippen LogP contribution in [-0.2, 0) is 0 Å². The maximum absolute atomic E-state index is 14.5. The van der Waals surface area contributed by atoms with Crippen molar-refractivity contribution in [2.24, 2.45) is 0 Å². The maximum Gasteiger partial charge on any atom is 0.337 e. The Kier molecular flexibility index (Phi) is 4.87. The van der Waals surface area contributed by atoms with Crippen molar-refractivity contribution in [1.29, 1.82) is 0 Å². The molecule has 0 aliphatic heterocycles. The first-order valence-electron chi connectivity index (χ1n) is 7.26. The quantitative estimate of drug-likeness (QED) is 0.310. The summed E-state index contributed by atoms with van der Waals surface area (Å²) >= 11 is 0. The maximum atomic E-state index is 14.5. The van der Waals surface area contributed by atoms with Gasteiger partial charge < -0.3 is 5.11 Å². The van der Waals surface area contributed by atoms with Crippen LogP contribution in [0.15, 0.2) is 0 Å². The highest BCUT2D eigenvalue weighted by atomic mass is 19.2. The molecular weight excluding hydrogens is 445 g/mol. The predicted octanol–water partition coefficient (Wildman–Crippen LogP) is 5.74. The molecule has 30 heavy (non-hydrogen) atoms. The second-order valence-electron chi connectivity index (χ2n) is 5.63. The van der Waals surface area contributed by atoms with Crippen LogP contribution in [0.2, 0.25) is 0 Å². The number of hydrogen-bond acceptors (Lipinski definition) is 1. The Morgan fingerprint density at radius 1 is 0.433 bits per heavy atom. The Hall–Kier alpha value is -3.38. The monoisotopic (exact) mass is 446 g/mol. The van der Waals surface area contributed by atoms with Crippen molar-refractivity contribution in [2.45, 2.75) is 0 Å². The molecule has 0 bridgehead atoms. The highest BCUT2D eigenvalue weighted by Gasteiger charge is 2.37. The van der Waals surface area contributed by atoms with Crippen molar-refractivity contribution < 1.29 is 58.2 Å². The molecule has 0 saturated heterocycles. The number of rotatable bonds is 2. The van der Waals surface area contributed by atoms with E-state index >= 15 is 0 Å². The van der Waals surface area contributed by atoms with Crippen LogP contribution >= 0.6 is 0 Å². The average Bonchev–Trinajstić information content (AvgIpc) is 2.70. The van der Waals surface area contributed by atoms with Crippen LogP contribution in [0.5, 0.6) is 0 Å². The lowest BCUT2D eigenvalue weighted by atomic mass is 9.91. The summed E-state index contributed by atoms with van der Waals surface area (Å²) in [6.45, 7) is 0. The summed E-state index contributed by atoms with van der Waals surface area (Å²) < 4.78 is 152. The fourth-order valence-corrected chi connectivity index (χ4v) is 2.80. The molecule has 0 fully saturated rings. The van der Waals surface area contributed by atoms with Crippen LogP contribution in [0.25, 0.3) is 21.9 Å². The molecule has 0 spiro atoms. The van der Waals surface area contributed by atoms with Crippen molar-refractivity contribution in [3.05, 3.63) is 69.6 Å². The second kappa shape index (κ2) is 6.85. The van der Waals surface area contributed by atoms with E-state index in [0.717, 1.165) is 0 Å². The van der Waals surface area contributed by atoms with Crippen molar-refractivity contribution in [3.63, 3.8) is 0 Å². The fourth-order valence-electron chi connectivity index (χ4n) is 2.80. The number of benzene rings is 3. The molecule has 158 valence electrons. The van der Waals surface area contributed by atoms with Gasteiger partial charge in [-0.1, -0.05) is 0 Å². The van der Waals surface area contributed by atoms with Crippen LogP contribution < -0.4 is 0 Å². The Morgan fingerprint density at radius 2 is 0.733 bits per heavy atom. The van der Waals surface area contributed by atoms with Gasteiger partial charge in [-0.05, 0) is 0 Å². The molecule has 2 nitrogen and oxygen atoms in total. The van der Waals surface area contributed by atoms with Gasteiger partial charge in [0.1, 0.15) is 0 Å². The van der Waals surface area contributed by atoms with E-state index in [1.54, 1.807) is 0 Å². The molecule has 0 unspecified atom stereocenters. The van der Waals surface area contributed by atoms with E-state index < -0.39 is 97.4 Å². The minimum atomic E-state index is -2.79. The SMILES string of the molecule is O=C(O)c1c(-c2c(F)c(F)c(F)c(F)c2F)c(F)c(F)c2c(F)c(F)c(F)c(F)c12. The molecule has 3 aromatic carbocycles. The van der Waals surface area contributed by atoms with Gasteiger partial charge in [0.05, 0.1) is 16.5 Å². The molecule has 0 saturated carbocycles. The molecule has 3 aromatic rings. The Balaban J connectivity index is 2.75. The zero-order chi connectivity index (χ0) is 22.8. The zero-order valence-corrected chi connectivity index (χ0v) is 13.5. The summed E-state index contributed by atoms with van der Waals surface area (Å²) in [5.41, 5.74) is -6.72. The Labute approximate surface area is 156 Å². The van der Waals surface area contributed by atoms with E-state index in [0.29, 0.717) is 0 Å². The Bertz CT molecular complexity index is 1250. The van der Waals surface area contributed by atoms with Gasteiger partial charge in [0.15, 0.2) is 58.2 Å². The van der Waals surface area contributed by atoms with Gasteiger partial charge in [0, 0.05) is 10.9 Å². The third-order valence-corrected chi connectivity index (χ3v) is 4.07. The van der Waals surface area contributed by atoms with E-state index in [1.807, 2.05) is 0 Å². The van der Waals surface area contributed by atoms with Gasteiger partial charge in [0.2, 0.25) is 5.82 Å². The zero-order valence-electron chi connectivity index (χ0n) is 13.5. The summed E-state index contributed by atoms with van der Waals surface area (Å²) in [6.07, 6.45) is 0. The fraction of sp³-hybridized carbons (Fsp3) is 0. The summed E-state index contributed by atoms with van der Waals surface area (Å²) in [5.74, 6) is -32.5. The number of carbonyl (C=O) groups is 1. The molecule has 0 radical (unpaired) electrons. The largest absolute Gasteiger partial charge is 0.478 e. The molecule has 0 aliphatic carbocycles. The normalized spacial score (nSPS) is 11.4. The van der Waals surface area contributed by atoms with Crippen LogP contribution in [-0.4, -0.2) is 11.1 Å². The summed E-state index contributed by atoms with van der Waals surface area (Å²) in [4.78, 5) is 11.5. The molecule has 0 amide bonds. The molecule has 0 atom stereocenters. The number of fused-ring (bicyclic) bond motifs is 1. The second-order valence-corrected chi connectivity index (χ2v) is 5.63. The molecule has 0 heterocycles. The van der Waals surface area contributed by atoms with Crippen molar-refractivity contribution in [1.82, 2.24) is 0 Å². The van der Waals surface area contributed by atoms with Crippen LogP contribution in [0.1, 0.15) is 10.4 Å². The standard InChI is InChI=1S/C17HF11O2/c18-6-1(5-10(22)14(26)16(28)15(27)11(5)23)3(17(29)30)2-4(8(6)20)9(21)13(25)12(24)7(2)19/h(H,29,30). The lowest BCUT2D eigenvalue weighted by Crippen LogP contribution is -2.13. The highest BCUT2D eigenvalue weighted by Crippen LogP contribution is 2.42. The third kappa shape index (κ3) is 2.60. The van der Waals surface area contributed by atoms with Crippen molar-refractivity contribution in [2.75, 3.05) is 0 Å². The number of hydrogen-bond donors (Lipinski definition) is 1. The molecule has 3 rings (SSSR count). The van der Waals surface area contributed by atoms with Gasteiger partial charge in [-0.25, -0.2) is 53.1 Å². The molecular formula is C17HF11O2. The van der Waals surface area contributed by atoms with E-state index in [9.17, 15) is 58.2 Å². The van der Waals surface area contributed by atoms with Gasteiger partial charge >= 0.3 is 5.97 Å². The molecule has 1 N–H and O–H groups in total. The number of halogens is 11. The van der Waals surface area contributed by atoms with E-state index in [2.05, 4.69) is 0 Å². The summed E-state index contributed by atoms with van der Waals surface area (Å²) in [5, 5.41) is 5.04. The minimum Gasteiger partial charge on any atom is -0.478 e. The van der Waals surface area contributed by atoms with Crippen LogP contribution in [0.4, 0.5) is 48.3 Å². The molecule has 0 aliphatic rings. The van der Waals surface area contributed by atoms with Crippen molar-refractivity contribution >= 4 is 16.7 Å². The number of carboxylic acid groups (broad SMARTS) is 1. The van der Waals surface area contributed by atoms with Gasteiger partial charge in [0.25, 0.3) is 0 Å². The number of carboxylic acids is 1. The third-order valence-electron chi connectivity index (χ3n) is 4.07. The van der Waals surface area contributed by atoms with E-state index in [1.165, 1.54) is 0 Å². The minimum absolute atomic E-state index is 2.04. The molecule has 0 aromatic heterocycles. The van der Waals surface area contributed by atoms with Gasteiger partial charge in [-0.3, -0.25) is 0 Å². The van der Waals surface area contributed by atoms with Gasteiger partial charge in [-0.2, -0.15) is 0 Å². The lowest BCUT2D eigenvalue weighted by Gasteiger charge is -2.16. The predicted molar refractivity (Wildman–Crippen MR) is 75.9 cm³/mol. The Morgan fingerprint density at radius 3 is 1.17 bits per heavy atom. The van der Waals surface area contributed by atoms with Crippen LogP contribution in [0.3, 0.4) is 0 Å². The van der Waals surface area contributed by atoms with Crippen LogP contribution in [0, 0.1) is 64.0 Å². The summed E-state index contributed by atoms with van der Waals surface area (Å²) in [7, 11) is 0. The smallest absolute Gasteiger partial charge is 0.337 e. The highest BCUT2D eigenvalue weighted by molar-refractivity contribution is 6.10. The molecule has 13 heteroatoms.